The van der Waals surface area contributed by atoms with Crippen LogP contribution in [0.5, 0.6) is 5.75 Å². The van der Waals surface area contributed by atoms with Crippen LogP contribution in [0.25, 0.3) is 21.8 Å². The first-order chi connectivity index (χ1) is 14.5. The number of rotatable bonds is 8. The van der Waals surface area contributed by atoms with Crippen LogP contribution in [-0.2, 0) is 9.53 Å². The molecule has 1 aromatic carbocycles. The summed E-state index contributed by atoms with van der Waals surface area (Å²) in [5, 5.41) is 4.80. The van der Waals surface area contributed by atoms with Gasteiger partial charge in [-0.2, -0.15) is 0 Å². The molecule has 0 spiro atoms. The summed E-state index contributed by atoms with van der Waals surface area (Å²) in [6.07, 6.45) is 5.69. The molecule has 0 bridgehead atoms. The van der Waals surface area contributed by atoms with Crippen LogP contribution in [0.15, 0.2) is 42.0 Å². The van der Waals surface area contributed by atoms with Crippen molar-refractivity contribution >= 4 is 28.9 Å². The number of methoxy groups -OCH3 is 2. The molecule has 0 radical (unpaired) electrons. The van der Waals surface area contributed by atoms with Crippen LogP contribution in [0.3, 0.4) is 0 Å². The molecule has 1 N–H and O–H groups in total. The second-order valence-electron chi connectivity index (χ2n) is 6.55. The Morgan fingerprint density at radius 2 is 1.93 bits per heavy atom. The molecule has 7 nitrogen and oxygen atoms in total. The highest BCUT2D eigenvalue weighted by Gasteiger charge is 2.15. The summed E-state index contributed by atoms with van der Waals surface area (Å²) >= 11 is 1.49. The second kappa shape index (κ2) is 9.98. The summed E-state index contributed by atoms with van der Waals surface area (Å²) in [5.74, 6) is -0.0519. The number of thiophene rings is 1. The van der Waals surface area contributed by atoms with Crippen molar-refractivity contribution in [2.75, 3.05) is 19.5 Å². The van der Waals surface area contributed by atoms with Crippen molar-refractivity contribution in [1.29, 1.82) is 0 Å². The third kappa shape index (κ3) is 5.01. The lowest BCUT2D eigenvalue weighted by molar-refractivity contribution is -0.116. The van der Waals surface area contributed by atoms with Crippen molar-refractivity contribution in [1.82, 2.24) is 9.97 Å². The topological polar surface area (TPSA) is 90.4 Å². The maximum absolute atomic E-state index is 11.9. The van der Waals surface area contributed by atoms with E-state index in [2.05, 4.69) is 22.2 Å². The molecule has 0 aliphatic carbocycles. The minimum Gasteiger partial charge on any atom is -0.496 e. The van der Waals surface area contributed by atoms with Crippen molar-refractivity contribution in [2.24, 2.45) is 0 Å². The zero-order valence-electron chi connectivity index (χ0n) is 17.1. The van der Waals surface area contributed by atoms with Gasteiger partial charge in [-0.3, -0.25) is 9.78 Å². The smallest absolute Gasteiger partial charge is 0.341 e. The average molecular weight is 426 g/mol. The maximum atomic E-state index is 11.9. The molecule has 0 saturated carbocycles. The number of unbranched alkanes of at least 4 members (excludes halogenated alkanes) is 1. The fourth-order valence-electron chi connectivity index (χ4n) is 2.85. The Balaban J connectivity index is 1.83. The van der Waals surface area contributed by atoms with Crippen molar-refractivity contribution in [2.45, 2.75) is 26.2 Å². The average Bonchev–Trinajstić information content (AvgIpc) is 3.25. The van der Waals surface area contributed by atoms with Crippen molar-refractivity contribution < 1.29 is 19.1 Å². The number of hydrogen-bond donors (Lipinski definition) is 1. The van der Waals surface area contributed by atoms with Crippen molar-refractivity contribution in [3.8, 4) is 27.6 Å². The standard InChI is InChI=1S/C22H23N3O4S/c1-4-5-6-21(26)24-15-10-20(30-13-15)18-12-23-11-17(25-18)14-7-8-16(22(27)29-3)19(9-14)28-2/h7-13H,4-6H2,1-3H3,(H,24,26). The lowest BCUT2D eigenvalue weighted by Gasteiger charge is -2.09. The maximum Gasteiger partial charge on any atom is 0.341 e. The zero-order valence-corrected chi connectivity index (χ0v) is 17.9. The number of aromatic nitrogens is 2. The molecule has 0 aliphatic rings. The fourth-order valence-corrected chi connectivity index (χ4v) is 3.64. The van der Waals surface area contributed by atoms with E-state index in [1.807, 2.05) is 11.4 Å². The van der Waals surface area contributed by atoms with E-state index >= 15 is 0 Å². The quantitative estimate of drug-likeness (QED) is 0.522. The highest BCUT2D eigenvalue weighted by atomic mass is 32.1. The van der Waals surface area contributed by atoms with Gasteiger partial charge >= 0.3 is 5.97 Å². The summed E-state index contributed by atoms with van der Waals surface area (Å²) in [7, 11) is 2.82. The summed E-state index contributed by atoms with van der Waals surface area (Å²) < 4.78 is 10.1. The molecule has 0 aliphatic heterocycles. The molecule has 2 heterocycles. The largest absolute Gasteiger partial charge is 0.496 e. The first-order valence-corrected chi connectivity index (χ1v) is 10.4. The highest BCUT2D eigenvalue weighted by Crippen LogP contribution is 2.31. The molecule has 0 saturated heterocycles. The monoisotopic (exact) mass is 425 g/mol. The van der Waals surface area contributed by atoms with Gasteiger partial charge in [0.05, 0.1) is 48.6 Å². The molecule has 2 aromatic heterocycles. The predicted octanol–water partition coefficient (Wildman–Crippen LogP) is 4.80. The van der Waals surface area contributed by atoms with E-state index in [1.54, 1.807) is 30.6 Å². The van der Waals surface area contributed by atoms with Crippen molar-refractivity contribution in [3.63, 3.8) is 0 Å². The number of amides is 1. The predicted molar refractivity (Wildman–Crippen MR) is 117 cm³/mol. The third-order valence-electron chi connectivity index (χ3n) is 4.43. The van der Waals surface area contributed by atoms with Gasteiger partial charge in [0.1, 0.15) is 11.3 Å². The van der Waals surface area contributed by atoms with Crippen LogP contribution in [-0.4, -0.2) is 36.1 Å². The van der Waals surface area contributed by atoms with Crippen molar-refractivity contribution in [3.05, 3.63) is 47.6 Å². The Hall–Kier alpha value is -3.26. The molecule has 0 atom stereocenters. The van der Waals surface area contributed by atoms with Gasteiger partial charge in [-0.15, -0.1) is 11.3 Å². The molecule has 156 valence electrons. The normalized spacial score (nSPS) is 10.5. The van der Waals surface area contributed by atoms with Gasteiger partial charge in [0.25, 0.3) is 0 Å². The number of anilines is 1. The molecular weight excluding hydrogens is 402 g/mol. The molecule has 0 fully saturated rings. The lowest BCUT2D eigenvalue weighted by atomic mass is 10.1. The van der Waals surface area contributed by atoms with Crippen LogP contribution in [0.4, 0.5) is 5.69 Å². The van der Waals surface area contributed by atoms with Gasteiger partial charge in [-0.25, -0.2) is 9.78 Å². The number of carbonyl (C=O) groups excluding carboxylic acids is 2. The van der Waals surface area contributed by atoms with E-state index in [9.17, 15) is 9.59 Å². The van der Waals surface area contributed by atoms with Gasteiger partial charge in [0, 0.05) is 17.4 Å². The molecule has 0 unspecified atom stereocenters. The minimum absolute atomic E-state index is 0.0128. The van der Waals surface area contributed by atoms with E-state index in [1.165, 1.54) is 25.6 Å². The highest BCUT2D eigenvalue weighted by molar-refractivity contribution is 7.14. The Bertz CT molecular complexity index is 1050. The Labute approximate surface area is 179 Å². The number of ether oxygens (including phenoxy) is 2. The Kier molecular flexibility index (Phi) is 7.13. The third-order valence-corrected chi connectivity index (χ3v) is 5.38. The van der Waals surface area contributed by atoms with Crippen LogP contribution in [0.2, 0.25) is 0 Å². The molecule has 3 rings (SSSR count). The van der Waals surface area contributed by atoms with E-state index in [4.69, 9.17) is 9.47 Å². The Morgan fingerprint density at radius 3 is 2.67 bits per heavy atom. The lowest BCUT2D eigenvalue weighted by Crippen LogP contribution is -2.09. The van der Waals surface area contributed by atoms with Crippen LogP contribution in [0, 0.1) is 0 Å². The van der Waals surface area contributed by atoms with Gasteiger partial charge in [0.15, 0.2) is 0 Å². The first kappa shape index (κ1) is 21.4. The van der Waals surface area contributed by atoms with E-state index in [0.717, 1.165) is 29.0 Å². The summed E-state index contributed by atoms with van der Waals surface area (Å²) in [6.45, 7) is 2.06. The fraction of sp³-hybridized carbons (Fsp3) is 0.273. The SMILES string of the molecule is CCCCC(=O)Nc1csc(-c2cncc(-c3ccc(C(=O)OC)c(OC)c3)n2)c1. The van der Waals surface area contributed by atoms with E-state index in [-0.39, 0.29) is 5.91 Å². The number of hydrogen-bond acceptors (Lipinski definition) is 7. The zero-order chi connectivity index (χ0) is 21.5. The van der Waals surface area contributed by atoms with Gasteiger partial charge < -0.3 is 14.8 Å². The number of benzene rings is 1. The number of nitrogens with one attached hydrogen (secondary N) is 1. The molecule has 1 amide bonds. The van der Waals surface area contributed by atoms with Crippen LogP contribution >= 0.6 is 11.3 Å². The molecule has 3 aromatic rings. The molecular formula is C22H23N3O4S. The minimum atomic E-state index is -0.467. The first-order valence-electron chi connectivity index (χ1n) is 9.53. The summed E-state index contributed by atoms with van der Waals surface area (Å²) in [5.41, 5.74) is 3.20. The molecule has 30 heavy (non-hydrogen) atoms. The Morgan fingerprint density at radius 1 is 1.13 bits per heavy atom. The summed E-state index contributed by atoms with van der Waals surface area (Å²) in [4.78, 5) is 33.7. The summed E-state index contributed by atoms with van der Waals surface area (Å²) in [6, 6.07) is 7.04. The van der Waals surface area contributed by atoms with Gasteiger partial charge in [0.2, 0.25) is 5.91 Å². The van der Waals surface area contributed by atoms with Gasteiger partial charge in [-0.05, 0) is 24.6 Å². The second-order valence-corrected chi connectivity index (χ2v) is 7.46. The number of nitrogens with zero attached hydrogens (tertiary/aromatic N) is 2. The van der Waals surface area contributed by atoms with E-state index < -0.39 is 5.97 Å². The van der Waals surface area contributed by atoms with E-state index in [0.29, 0.717) is 29.1 Å². The molecule has 8 heteroatoms. The number of carbonyl (C=O) groups is 2. The van der Waals surface area contributed by atoms with Gasteiger partial charge in [-0.1, -0.05) is 19.4 Å². The van der Waals surface area contributed by atoms with Crippen LogP contribution in [0.1, 0.15) is 36.5 Å². The van der Waals surface area contributed by atoms with Crippen LogP contribution < -0.4 is 10.1 Å². The number of esters is 1.